The first-order chi connectivity index (χ1) is 9.11. The predicted octanol–water partition coefficient (Wildman–Crippen LogP) is 1.84. The van der Waals surface area contributed by atoms with Crippen molar-refractivity contribution in [3.05, 3.63) is 29.3 Å². The quantitative estimate of drug-likeness (QED) is 0.884. The second-order valence-electron chi connectivity index (χ2n) is 5.50. The molecule has 1 aromatic rings. The van der Waals surface area contributed by atoms with E-state index in [2.05, 4.69) is 10.2 Å². The average Bonchev–Trinajstić information content (AvgIpc) is 3.14. The van der Waals surface area contributed by atoms with Crippen molar-refractivity contribution in [1.29, 1.82) is 0 Å². The molecule has 0 radical (unpaired) electrons. The lowest BCUT2D eigenvalue weighted by Crippen LogP contribution is -2.52. The van der Waals surface area contributed by atoms with Crippen molar-refractivity contribution in [1.82, 2.24) is 4.90 Å². The summed E-state index contributed by atoms with van der Waals surface area (Å²) >= 11 is 6.15. The number of hydrogen-bond donors (Lipinski definition) is 2. The molecule has 1 saturated carbocycles. The minimum Gasteiger partial charge on any atom is -0.369 e. The van der Waals surface area contributed by atoms with E-state index in [0.717, 1.165) is 18.7 Å². The fourth-order valence-electron chi connectivity index (χ4n) is 2.78. The Balaban J connectivity index is 1.82. The van der Waals surface area contributed by atoms with Crippen LogP contribution in [0.1, 0.15) is 19.3 Å². The topological polar surface area (TPSA) is 58.4 Å². The fraction of sp³-hybridized carbons (Fsp3) is 0.500. The van der Waals surface area contributed by atoms with Gasteiger partial charge < -0.3 is 11.1 Å². The van der Waals surface area contributed by atoms with Crippen LogP contribution in [0.25, 0.3) is 0 Å². The number of nitrogens with two attached hydrogens (primary N) is 1. The van der Waals surface area contributed by atoms with Gasteiger partial charge in [0.2, 0.25) is 5.91 Å². The summed E-state index contributed by atoms with van der Waals surface area (Å²) in [4.78, 5) is 14.3. The maximum absolute atomic E-state index is 11.9. The van der Waals surface area contributed by atoms with E-state index in [4.69, 9.17) is 17.3 Å². The van der Waals surface area contributed by atoms with Crippen molar-refractivity contribution in [2.24, 2.45) is 5.73 Å². The van der Waals surface area contributed by atoms with Gasteiger partial charge in [0.1, 0.15) is 5.54 Å². The number of halogens is 1. The van der Waals surface area contributed by atoms with Gasteiger partial charge in [-0.2, -0.15) is 0 Å². The van der Waals surface area contributed by atoms with Gasteiger partial charge in [-0.25, -0.2) is 0 Å². The number of hydrogen-bond acceptors (Lipinski definition) is 3. The van der Waals surface area contributed by atoms with E-state index in [0.29, 0.717) is 17.6 Å². The molecule has 0 aromatic heterocycles. The van der Waals surface area contributed by atoms with E-state index in [1.807, 2.05) is 24.3 Å². The first-order valence-electron chi connectivity index (χ1n) is 6.67. The highest BCUT2D eigenvalue weighted by molar-refractivity contribution is 6.33. The summed E-state index contributed by atoms with van der Waals surface area (Å²) in [7, 11) is 0. The monoisotopic (exact) mass is 279 g/mol. The normalized spacial score (nSPS) is 27.4. The lowest BCUT2D eigenvalue weighted by molar-refractivity contribution is -0.121. The number of rotatable bonds is 4. The van der Waals surface area contributed by atoms with Gasteiger partial charge >= 0.3 is 0 Å². The molecule has 4 nitrogen and oxygen atoms in total. The molecule has 0 spiro atoms. The molecule has 1 heterocycles. The Bertz CT molecular complexity index is 503. The van der Waals surface area contributed by atoms with Crippen LogP contribution in [0.3, 0.4) is 0 Å². The van der Waals surface area contributed by atoms with Gasteiger partial charge in [-0.05, 0) is 31.4 Å². The lowest BCUT2D eigenvalue weighted by atomic mass is 9.97. The second-order valence-corrected chi connectivity index (χ2v) is 5.91. The van der Waals surface area contributed by atoms with E-state index in [-0.39, 0.29) is 5.91 Å². The van der Waals surface area contributed by atoms with Crippen LogP contribution in [0.2, 0.25) is 5.02 Å². The lowest BCUT2D eigenvalue weighted by Gasteiger charge is -2.29. The average molecular weight is 280 g/mol. The largest absolute Gasteiger partial charge is 0.369 e. The molecule has 1 atom stereocenters. The summed E-state index contributed by atoms with van der Waals surface area (Å²) in [6.07, 6.45) is 3.21. The molecule has 2 aliphatic rings. The number of nitrogens with one attached hydrogen (secondary N) is 1. The van der Waals surface area contributed by atoms with Crippen molar-refractivity contribution in [3.63, 3.8) is 0 Å². The molecule has 0 bridgehead atoms. The summed E-state index contributed by atoms with van der Waals surface area (Å²) < 4.78 is 0. The molecule has 3 rings (SSSR count). The van der Waals surface area contributed by atoms with Crippen molar-refractivity contribution in [3.8, 4) is 0 Å². The number of carbonyl (C=O) groups is 1. The maximum atomic E-state index is 11.9. The molecule has 1 aliphatic heterocycles. The third-order valence-corrected chi connectivity index (χ3v) is 4.41. The van der Waals surface area contributed by atoms with Crippen LogP contribution in [0, 0.1) is 0 Å². The minimum absolute atomic E-state index is 0.296. The van der Waals surface area contributed by atoms with Crippen LogP contribution in [-0.4, -0.2) is 35.5 Å². The van der Waals surface area contributed by atoms with Crippen LogP contribution in [0.4, 0.5) is 5.69 Å². The molecule has 1 aliphatic carbocycles. The highest BCUT2D eigenvalue weighted by Crippen LogP contribution is 2.36. The van der Waals surface area contributed by atoms with E-state index in [1.165, 1.54) is 12.8 Å². The summed E-state index contributed by atoms with van der Waals surface area (Å²) in [5.41, 5.74) is 5.73. The summed E-state index contributed by atoms with van der Waals surface area (Å²) in [6.45, 7) is 1.60. The smallest absolute Gasteiger partial charge is 0.244 e. The van der Waals surface area contributed by atoms with Crippen LogP contribution < -0.4 is 11.1 Å². The van der Waals surface area contributed by atoms with E-state index in [1.54, 1.807) is 0 Å². The third kappa shape index (κ3) is 2.42. The van der Waals surface area contributed by atoms with Gasteiger partial charge in [0.15, 0.2) is 0 Å². The molecule has 19 heavy (non-hydrogen) atoms. The Morgan fingerprint density at radius 3 is 2.79 bits per heavy atom. The fourth-order valence-corrected chi connectivity index (χ4v) is 2.96. The number of anilines is 1. The van der Waals surface area contributed by atoms with Crippen LogP contribution in [0.5, 0.6) is 0 Å². The van der Waals surface area contributed by atoms with Gasteiger partial charge in [-0.15, -0.1) is 0 Å². The van der Waals surface area contributed by atoms with Crippen molar-refractivity contribution < 1.29 is 4.79 Å². The zero-order valence-corrected chi connectivity index (χ0v) is 11.5. The molecule has 2 fully saturated rings. The molecule has 3 N–H and O–H groups in total. The standard InChI is InChI=1S/C14H18ClN3O/c15-11-3-1-2-4-12(11)17-14(13(16)19)7-8-18(9-14)10-5-6-10/h1-4,10,17H,5-9H2,(H2,16,19). The molecule has 5 heteroatoms. The molecule has 1 saturated heterocycles. The Morgan fingerprint density at radius 2 is 2.16 bits per heavy atom. The number of para-hydroxylation sites is 1. The molecular formula is C14H18ClN3O. The van der Waals surface area contributed by atoms with Gasteiger partial charge in [-0.3, -0.25) is 9.69 Å². The Kier molecular flexibility index (Phi) is 3.15. The molecular weight excluding hydrogens is 262 g/mol. The zero-order chi connectivity index (χ0) is 13.5. The predicted molar refractivity (Wildman–Crippen MR) is 76.2 cm³/mol. The Labute approximate surface area is 117 Å². The maximum Gasteiger partial charge on any atom is 0.244 e. The summed E-state index contributed by atoms with van der Waals surface area (Å²) in [6, 6.07) is 8.11. The van der Waals surface area contributed by atoms with Crippen LogP contribution in [0.15, 0.2) is 24.3 Å². The Morgan fingerprint density at radius 1 is 1.42 bits per heavy atom. The van der Waals surface area contributed by atoms with Crippen LogP contribution in [-0.2, 0) is 4.79 Å². The minimum atomic E-state index is -0.687. The Hall–Kier alpha value is -1.26. The van der Waals surface area contributed by atoms with Gasteiger partial charge in [0.25, 0.3) is 0 Å². The molecule has 102 valence electrons. The van der Waals surface area contributed by atoms with Gasteiger partial charge in [-0.1, -0.05) is 23.7 Å². The highest BCUT2D eigenvalue weighted by Gasteiger charge is 2.47. The number of carbonyl (C=O) groups excluding carboxylic acids is 1. The number of benzene rings is 1. The third-order valence-electron chi connectivity index (χ3n) is 4.08. The number of amides is 1. The molecule has 1 aromatic carbocycles. The van der Waals surface area contributed by atoms with Crippen molar-refractivity contribution in [2.45, 2.75) is 30.8 Å². The first-order valence-corrected chi connectivity index (χ1v) is 7.05. The van der Waals surface area contributed by atoms with Crippen LogP contribution >= 0.6 is 11.6 Å². The van der Waals surface area contributed by atoms with E-state index >= 15 is 0 Å². The summed E-state index contributed by atoms with van der Waals surface area (Å²) in [5.74, 6) is -0.296. The number of likely N-dealkylation sites (tertiary alicyclic amines) is 1. The van der Waals surface area contributed by atoms with Crippen molar-refractivity contribution in [2.75, 3.05) is 18.4 Å². The zero-order valence-electron chi connectivity index (χ0n) is 10.7. The highest BCUT2D eigenvalue weighted by atomic mass is 35.5. The van der Waals surface area contributed by atoms with Gasteiger partial charge in [0, 0.05) is 19.1 Å². The first kappa shape index (κ1) is 12.8. The van der Waals surface area contributed by atoms with Crippen molar-refractivity contribution >= 4 is 23.2 Å². The SMILES string of the molecule is NC(=O)C1(Nc2ccccc2Cl)CCN(C2CC2)C1. The summed E-state index contributed by atoms with van der Waals surface area (Å²) in [5, 5.41) is 3.91. The second kappa shape index (κ2) is 4.69. The van der Waals surface area contributed by atoms with E-state index in [9.17, 15) is 4.79 Å². The molecule has 1 amide bonds. The number of primary amides is 1. The number of nitrogens with zero attached hydrogens (tertiary/aromatic N) is 1. The van der Waals surface area contributed by atoms with E-state index < -0.39 is 5.54 Å². The van der Waals surface area contributed by atoms with Gasteiger partial charge in [0.05, 0.1) is 10.7 Å². The molecule has 1 unspecified atom stereocenters.